The molecule has 0 aromatic carbocycles. The van der Waals surface area contributed by atoms with E-state index in [1.165, 1.54) is 51.4 Å². The van der Waals surface area contributed by atoms with Crippen molar-refractivity contribution in [2.75, 3.05) is 0 Å². The largest absolute Gasteiger partial charge is 0.0651 e. The Hall–Kier alpha value is 0. The molecule has 0 heterocycles. The molecule has 0 N–H and O–H groups in total. The minimum absolute atomic E-state index is 1.02. The van der Waals surface area contributed by atoms with Crippen LogP contribution in [0.4, 0.5) is 0 Å². The summed E-state index contributed by atoms with van der Waals surface area (Å²) in [6.45, 7) is 7.11. The Kier molecular flexibility index (Phi) is 5.59. The van der Waals surface area contributed by atoms with Crippen molar-refractivity contribution in [3.63, 3.8) is 0 Å². The van der Waals surface area contributed by atoms with Crippen molar-refractivity contribution < 1.29 is 0 Å². The lowest BCUT2D eigenvalue weighted by molar-refractivity contribution is 0.278. The van der Waals surface area contributed by atoms with Crippen LogP contribution >= 0.6 is 0 Å². The maximum atomic E-state index is 2.37. The molecule has 0 heteroatoms. The zero-order valence-corrected chi connectivity index (χ0v) is 10.4. The van der Waals surface area contributed by atoms with Gasteiger partial charge in [-0.05, 0) is 24.2 Å². The van der Waals surface area contributed by atoms with Crippen molar-refractivity contribution in [1.82, 2.24) is 0 Å². The summed E-state index contributed by atoms with van der Waals surface area (Å²) in [5.41, 5.74) is 0. The smallest absolute Gasteiger partial charge is 0.0386 e. The summed E-state index contributed by atoms with van der Waals surface area (Å²) in [5.74, 6) is 3.13. The average Bonchev–Trinajstić information content (AvgIpc) is 2.45. The first kappa shape index (κ1) is 12.1. The molecule has 14 heavy (non-hydrogen) atoms. The van der Waals surface area contributed by atoms with Gasteiger partial charge >= 0.3 is 0 Å². The van der Waals surface area contributed by atoms with Crippen molar-refractivity contribution in [2.24, 2.45) is 17.8 Å². The molecule has 0 aromatic heterocycles. The number of rotatable bonds is 4. The van der Waals surface area contributed by atoms with E-state index in [2.05, 4.69) is 20.8 Å². The van der Waals surface area contributed by atoms with Crippen LogP contribution in [0.2, 0.25) is 0 Å². The summed E-state index contributed by atoms with van der Waals surface area (Å²) < 4.78 is 0. The fraction of sp³-hybridized carbons (Fsp3) is 1.00. The van der Waals surface area contributed by atoms with Crippen LogP contribution in [0, 0.1) is 17.8 Å². The van der Waals surface area contributed by atoms with E-state index in [0.717, 1.165) is 17.8 Å². The zero-order valence-electron chi connectivity index (χ0n) is 10.4. The van der Waals surface area contributed by atoms with Gasteiger partial charge in [-0.2, -0.15) is 0 Å². The molecule has 0 saturated heterocycles. The summed E-state index contributed by atoms with van der Waals surface area (Å²) in [5, 5.41) is 0. The third-order valence-corrected chi connectivity index (χ3v) is 4.43. The van der Waals surface area contributed by atoms with Gasteiger partial charge in [-0.25, -0.2) is 0 Å². The van der Waals surface area contributed by atoms with Crippen LogP contribution in [-0.4, -0.2) is 0 Å². The highest BCUT2D eigenvalue weighted by molar-refractivity contribution is 4.74. The van der Waals surface area contributed by atoms with Gasteiger partial charge in [0.25, 0.3) is 0 Å². The molecular weight excluding hydrogens is 168 g/mol. The van der Waals surface area contributed by atoms with Crippen LogP contribution in [-0.2, 0) is 0 Å². The molecule has 84 valence electrons. The Morgan fingerprint density at radius 1 is 0.929 bits per heavy atom. The molecule has 0 spiro atoms. The van der Waals surface area contributed by atoms with Gasteiger partial charge < -0.3 is 0 Å². The first-order valence-electron chi connectivity index (χ1n) is 6.81. The molecule has 1 aliphatic rings. The quantitative estimate of drug-likeness (QED) is 0.553. The Morgan fingerprint density at radius 2 is 1.64 bits per heavy atom. The molecule has 0 aromatic rings. The molecule has 1 saturated carbocycles. The standard InChI is InChI=1S/C14H28/c1-4-12-8-7-9-14(11-10-12)13(5-2)6-3/h12-14H,4-11H2,1-3H3. The molecule has 0 bridgehead atoms. The van der Waals surface area contributed by atoms with Crippen molar-refractivity contribution in [3.05, 3.63) is 0 Å². The average molecular weight is 196 g/mol. The third kappa shape index (κ3) is 3.29. The van der Waals surface area contributed by atoms with Crippen molar-refractivity contribution in [1.29, 1.82) is 0 Å². The minimum atomic E-state index is 1.02. The van der Waals surface area contributed by atoms with Crippen LogP contribution in [0.3, 0.4) is 0 Å². The van der Waals surface area contributed by atoms with E-state index in [9.17, 15) is 0 Å². The summed E-state index contributed by atoms with van der Waals surface area (Å²) in [7, 11) is 0. The predicted molar refractivity (Wildman–Crippen MR) is 64.4 cm³/mol. The fourth-order valence-corrected chi connectivity index (χ4v) is 3.24. The summed E-state index contributed by atoms with van der Waals surface area (Å²) in [6.07, 6.45) is 11.8. The second-order valence-electron chi connectivity index (χ2n) is 5.12. The summed E-state index contributed by atoms with van der Waals surface area (Å²) in [4.78, 5) is 0. The summed E-state index contributed by atoms with van der Waals surface area (Å²) in [6, 6.07) is 0. The molecule has 1 rings (SSSR count). The van der Waals surface area contributed by atoms with Gasteiger partial charge in [0.1, 0.15) is 0 Å². The van der Waals surface area contributed by atoms with Gasteiger partial charge in [-0.15, -0.1) is 0 Å². The van der Waals surface area contributed by atoms with Crippen LogP contribution < -0.4 is 0 Å². The maximum Gasteiger partial charge on any atom is -0.0386 e. The Labute approximate surface area is 90.5 Å². The van der Waals surface area contributed by atoms with Crippen molar-refractivity contribution >= 4 is 0 Å². The number of hydrogen-bond donors (Lipinski definition) is 0. The molecule has 1 aliphatic carbocycles. The van der Waals surface area contributed by atoms with Crippen LogP contribution in [0.15, 0.2) is 0 Å². The van der Waals surface area contributed by atoms with Gasteiger partial charge in [0.05, 0.1) is 0 Å². The van der Waals surface area contributed by atoms with Gasteiger partial charge in [0.15, 0.2) is 0 Å². The SMILES string of the molecule is CCC1CCCC(C(CC)CC)CC1. The molecule has 2 atom stereocenters. The molecule has 0 nitrogen and oxygen atoms in total. The Bertz CT molecular complexity index is 135. The van der Waals surface area contributed by atoms with Crippen LogP contribution in [0.25, 0.3) is 0 Å². The molecule has 0 amide bonds. The Morgan fingerprint density at radius 3 is 2.21 bits per heavy atom. The first-order valence-corrected chi connectivity index (χ1v) is 6.81. The highest BCUT2D eigenvalue weighted by Crippen LogP contribution is 2.35. The molecule has 0 radical (unpaired) electrons. The van der Waals surface area contributed by atoms with Gasteiger partial charge in [-0.1, -0.05) is 65.7 Å². The Balaban J connectivity index is 2.40. The van der Waals surface area contributed by atoms with E-state index in [1.807, 2.05) is 0 Å². The lowest BCUT2D eigenvalue weighted by atomic mass is 9.82. The lowest BCUT2D eigenvalue weighted by Crippen LogP contribution is -2.12. The van der Waals surface area contributed by atoms with Crippen LogP contribution in [0.5, 0.6) is 0 Å². The van der Waals surface area contributed by atoms with E-state index in [-0.39, 0.29) is 0 Å². The normalized spacial score (nSPS) is 29.1. The minimum Gasteiger partial charge on any atom is -0.0651 e. The topological polar surface area (TPSA) is 0 Å². The maximum absolute atomic E-state index is 2.37. The highest BCUT2D eigenvalue weighted by Gasteiger charge is 2.22. The zero-order chi connectivity index (χ0) is 10.4. The summed E-state index contributed by atoms with van der Waals surface area (Å²) >= 11 is 0. The second-order valence-corrected chi connectivity index (χ2v) is 5.12. The van der Waals surface area contributed by atoms with E-state index < -0.39 is 0 Å². The van der Waals surface area contributed by atoms with Gasteiger partial charge in [0.2, 0.25) is 0 Å². The van der Waals surface area contributed by atoms with Crippen molar-refractivity contribution in [2.45, 2.75) is 72.1 Å². The predicted octanol–water partition coefficient (Wildman–Crippen LogP) is 5.03. The molecular formula is C14H28. The van der Waals surface area contributed by atoms with Crippen LogP contribution in [0.1, 0.15) is 72.1 Å². The molecule has 1 fully saturated rings. The highest BCUT2D eigenvalue weighted by atomic mass is 14.3. The van der Waals surface area contributed by atoms with Crippen molar-refractivity contribution in [3.8, 4) is 0 Å². The van der Waals surface area contributed by atoms with Gasteiger partial charge in [-0.3, -0.25) is 0 Å². The second kappa shape index (κ2) is 6.48. The monoisotopic (exact) mass is 196 g/mol. The first-order chi connectivity index (χ1) is 6.81. The fourth-order valence-electron chi connectivity index (χ4n) is 3.24. The lowest BCUT2D eigenvalue weighted by Gasteiger charge is -2.23. The number of hydrogen-bond acceptors (Lipinski definition) is 0. The van der Waals surface area contributed by atoms with E-state index in [0.29, 0.717) is 0 Å². The van der Waals surface area contributed by atoms with E-state index in [1.54, 1.807) is 0 Å². The van der Waals surface area contributed by atoms with E-state index >= 15 is 0 Å². The molecule has 0 aliphatic heterocycles. The molecule has 2 unspecified atom stereocenters. The van der Waals surface area contributed by atoms with E-state index in [4.69, 9.17) is 0 Å². The van der Waals surface area contributed by atoms with Gasteiger partial charge in [0, 0.05) is 0 Å². The third-order valence-electron chi connectivity index (χ3n) is 4.43.